The number of thiophene rings is 1. The lowest BCUT2D eigenvalue weighted by Gasteiger charge is -1.82. The van der Waals surface area contributed by atoms with Crippen LogP contribution in [0, 0.1) is 0 Å². The van der Waals surface area contributed by atoms with Gasteiger partial charge in [-0.15, -0.1) is 11.3 Å². The Morgan fingerprint density at radius 2 is 2.25 bits per heavy atom. The van der Waals surface area contributed by atoms with Crippen LogP contribution in [0.15, 0.2) is 18.2 Å². The molecule has 0 aliphatic heterocycles. The Morgan fingerprint density at radius 3 is 2.75 bits per heavy atom. The molecule has 0 aliphatic rings. The van der Waals surface area contributed by atoms with E-state index in [-0.39, 0.29) is 5.78 Å². The van der Waals surface area contributed by atoms with Gasteiger partial charge in [-0.1, -0.05) is 0 Å². The van der Waals surface area contributed by atoms with Crippen molar-refractivity contribution in [1.82, 2.24) is 0 Å². The average Bonchev–Trinajstić information content (AvgIpc) is 2.48. The molecule has 1 aromatic rings. The summed E-state index contributed by atoms with van der Waals surface area (Å²) in [6.07, 6.45) is 3.81. The Kier molecular flexibility index (Phi) is 2.94. The molecule has 12 heavy (non-hydrogen) atoms. The zero-order valence-electron chi connectivity index (χ0n) is 6.61. The van der Waals surface area contributed by atoms with Gasteiger partial charge >= 0.3 is 0 Å². The molecule has 0 fully saturated rings. The van der Waals surface area contributed by atoms with Gasteiger partial charge in [-0.25, -0.2) is 0 Å². The molecule has 0 spiro atoms. The summed E-state index contributed by atoms with van der Waals surface area (Å²) in [7, 11) is 0. The molecule has 0 amide bonds. The first-order chi connectivity index (χ1) is 5.74. The Morgan fingerprint density at radius 1 is 1.50 bits per heavy atom. The van der Waals surface area contributed by atoms with E-state index in [0.29, 0.717) is 6.29 Å². The fourth-order valence-corrected chi connectivity index (χ4v) is 1.58. The van der Waals surface area contributed by atoms with Gasteiger partial charge in [0.05, 0.1) is 4.88 Å². The summed E-state index contributed by atoms with van der Waals surface area (Å²) in [4.78, 5) is 22.5. The van der Waals surface area contributed by atoms with Crippen molar-refractivity contribution in [3.63, 3.8) is 0 Å². The summed E-state index contributed by atoms with van der Waals surface area (Å²) in [6, 6.07) is 3.58. The van der Waals surface area contributed by atoms with Gasteiger partial charge in [0.25, 0.3) is 0 Å². The number of rotatable bonds is 3. The maximum absolute atomic E-state index is 10.8. The number of aldehydes is 1. The van der Waals surface area contributed by atoms with Crippen LogP contribution in [0.4, 0.5) is 0 Å². The van der Waals surface area contributed by atoms with Crippen LogP contribution in [0.2, 0.25) is 0 Å². The van der Waals surface area contributed by atoms with Crippen LogP contribution in [-0.2, 0) is 4.79 Å². The van der Waals surface area contributed by atoms with Gasteiger partial charge in [0.15, 0.2) is 5.78 Å². The smallest absolute Gasteiger partial charge is 0.169 e. The standard InChI is InChI=1S/C9H8O2S/c1-7(11)9-5-4-8(12-9)3-2-6-10/h2-6H,1H3. The Labute approximate surface area is 74.5 Å². The van der Waals surface area contributed by atoms with E-state index < -0.39 is 0 Å². The molecule has 0 aromatic carbocycles. The SMILES string of the molecule is CC(=O)c1ccc(C=CC=O)s1. The van der Waals surface area contributed by atoms with Crippen molar-refractivity contribution in [2.75, 3.05) is 0 Å². The van der Waals surface area contributed by atoms with E-state index in [1.165, 1.54) is 24.3 Å². The number of hydrogen-bond donors (Lipinski definition) is 0. The molecule has 1 heterocycles. The molecule has 0 unspecified atom stereocenters. The highest BCUT2D eigenvalue weighted by atomic mass is 32.1. The van der Waals surface area contributed by atoms with Crippen LogP contribution in [-0.4, -0.2) is 12.1 Å². The first kappa shape index (κ1) is 8.87. The topological polar surface area (TPSA) is 34.1 Å². The highest BCUT2D eigenvalue weighted by Crippen LogP contribution is 2.17. The van der Waals surface area contributed by atoms with Crippen LogP contribution in [0.1, 0.15) is 21.5 Å². The maximum Gasteiger partial charge on any atom is 0.169 e. The van der Waals surface area contributed by atoms with Gasteiger partial charge in [0.2, 0.25) is 0 Å². The second-order valence-corrected chi connectivity index (χ2v) is 3.37. The monoisotopic (exact) mass is 180 g/mol. The fourth-order valence-electron chi connectivity index (χ4n) is 0.766. The van der Waals surface area contributed by atoms with E-state index in [9.17, 15) is 9.59 Å². The number of carbonyl (C=O) groups is 2. The molecule has 0 aliphatic carbocycles. The van der Waals surface area contributed by atoms with Crippen LogP contribution in [0.5, 0.6) is 0 Å². The zero-order chi connectivity index (χ0) is 8.97. The minimum Gasteiger partial charge on any atom is -0.299 e. The van der Waals surface area contributed by atoms with Gasteiger partial charge in [-0.3, -0.25) is 9.59 Å². The molecule has 0 radical (unpaired) electrons. The van der Waals surface area contributed by atoms with E-state index >= 15 is 0 Å². The van der Waals surface area contributed by atoms with E-state index in [0.717, 1.165) is 9.75 Å². The molecule has 1 rings (SSSR count). The number of allylic oxidation sites excluding steroid dienone is 1. The number of ketones is 1. The molecule has 0 saturated heterocycles. The van der Waals surface area contributed by atoms with Crippen molar-refractivity contribution in [3.05, 3.63) is 28.0 Å². The van der Waals surface area contributed by atoms with Crippen molar-refractivity contribution >= 4 is 29.5 Å². The Bertz CT molecular complexity index is 323. The van der Waals surface area contributed by atoms with E-state index in [1.807, 2.05) is 6.07 Å². The van der Waals surface area contributed by atoms with Crippen molar-refractivity contribution in [2.45, 2.75) is 6.92 Å². The van der Waals surface area contributed by atoms with Gasteiger partial charge in [0.1, 0.15) is 6.29 Å². The molecule has 0 bridgehead atoms. The molecule has 1 aromatic heterocycles. The number of Topliss-reactive ketones (excluding diaryl/α,β-unsaturated/α-hetero) is 1. The van der Waals surface area contributed by atoms with E-state index in [2.05, 4.69) is 0 Å². The summed E-state index contributed by atoms with van der Waals surface area (Å²) >= 11 is 1.39. The zero-order valence-corrected chi connectivity index (χ0v) is 7.43. The second kappa shape index (κ2) is 3.97. The van der Waals surface area contributed by atoms with Crippen molar-refractivity contribution in [1.29, 1.82) is 0 Å². The normalized spacial score (nSPS) is 10.4. The quantitative estimate of drug-likeness (QED) is 0.406. The van der Waals surface area contributed by atoms with Gasteiger partial charge in [0, 0.05) is 4.88 Å². The van der Waals surface area contributed by atoms with Crippen molar-refractivity contribution < 1.29 is 9.59 Å². The summed E-state index contributed by atoms with van der Waals surface area (Å²) in [5, 5.41) is 0. The van der Waals surface area contributed by atoms with Crippen molar-refractivity contribution in [3.8, 4) is 0 Å². The third kappa shape index (κ3) is 2.13. The maximum atomic E-state index is 10.8. The highest BCUT2D eigenvalue weighted by molar-refractivity contribution is 7.14. The lowest BCUT2D eigenvalue weighted by atomic mass is 10.3. The average molecular weight is 180 g/mol. The van der Waals surface area contributed by atoms with Gasteiger partial charge in [-0.05, 0) is 31.2 Å². The molecule has 0 saturated carbocycles. The van der Waals surface area contributed by atoms with Gasteiger partial charge < -0.3 is 0 Å². The third-order valence-electron chi connectivity index (χ3n) is 1.31. The predicted octanol–water partition coefficient (Wildman–Crippen LogP) is 2.16. The minimum atomic E-state index is 0.0609. The minimum absolute atomic E-state index is 0.0609. The predicted molar refractivity (Wildman–Crippen MR) is 49.4 cm³/mol. The lowest BCUT2D eigenvalue weighted by Crippen LogP contribution is -1.83. The largest absolute Gasteiger partial charge is 0.299 e. The van der Waals surface area contributed by atoms with Crippen molar-refractivity contribution in [2.24, 2.45) is 0 Å². The molecular weight excluding hydrogens is 172 g/mol. The van der Waals surface area contributed by atoms with Crippen LogP contribution >= 0.6 is 11.3 Å². The molecule has 0 atom stereocenters. The first-order valence-electron chi connectivity index (χ1n) is 3.46. The summed E-state index contributed by atoms with van der Waals surface area (Å²) < 4.78 is 0. The molecule has 62 valence electrons. The van der Waals surface area contributed by atoms with Crippen LogP contribution in [0.3, 0.4) is 0 Å². The number of carbonyl (C=O) groups excluding carboxylic acids is 2. The second-order valence-electron chi connectivity index (χ2n) is 2.25. The van der Waals surface area contributed by atoms with Gasteiger partial charge in [-0.2, -0.15) is 0 Å². The summed E-state index contributed by atoms with van der Waals surface area (Å²) in [5.41, 5.74) is 0. The molecular formula is C9H8O2S. The first-order valence-corrected chi connectivity index (χ1v) is 4.28. The summed E-state index contributed by atoms with van der Waals surface area (Å²) in [6.45, 7) is 1.53. The third-order valence-corrected chi connectivity index (χ3v) is 2.46. The molecule has 2 nitrogen and oxygen atoms in total. The van der Waals surface area contributed by atoms with E-state index in [1.54, 1.807) is 12.1 Å². The summed E-state index contributed by atoms with van der Waals surface area (Å²) in [5.74, 6) is 0.0609. The fraction of sp³-hybridized carbons (Fsp3) is 0.111. The molecule has 0 N–H and O–H groups in total. The Hall–Kier alpha value is -1.22. The highest BCUT2D eigenvalue weighted by Gasteiger charge is 2.00. The molecule has 3 heteroatoms. The van der Waals surface area contributed by atoms with Crippen LogP contribution in [0.25, 0.3) is 6.08 Å². The number of hydrogen-bond acceptors (Lipinski definition) is 3. The lowest BCUT2D eigenvalue weighted by molar-refractivity contribution is -0.104. The van der Waals surface area contributed by atoms with E-state index in [4.69, 9.17) is 0 Å². The van der Waals surface area contributed by atoms with Crippen LogP contribution < -0.4 is 0 Å². The Balaban J connectivity index is 2.84.